The zero-order chi connectivity index (χ0) is 16.8. The Kier molecular flexibility index (Phi) is 5.92. The molecule has 0 radical (unpaired) electrons. The van der Waals surface area contributed by atoms with E-state index in [1.807, 2.05) is 4.68 Å². The molecule has 0 aromatic carbocycles. The number of ether oxygens (including phenoxy) is 2. The average Bonchev–Trinajstić information content (AvgIpc) is 2.91. The van der Waals surface area contributed by atoms with Crippen LogP contribution >= 0.6 is 0 Å². The van der Waals surface area contributed by atoms with Crippen molar-refractivity contribution in [3.05, 3.63) is 17.5 Å². The van der Waals surface area contributed by atoms with Crippen molar-refractivity contribution in [1.29, 1.82) is 0 Å². The highest BCUT2D eigenvalue weighted by atomic mass is 16.6. The highest BCUT2D eigenvalue weighted by Gasteiger charge is 2.20. The molecule has 0 saturated carbocycles. The molecule has 2 aromatic rings. The van der Waals surface area contributed by atoms with Gasteiger partial charge in [0.1, 0.15) is 12.2 Å². The second kappa shape index (κ2) is 7.92. The minimum absolute atomic E-state index is 0.183. The number of rotatable bonds is 8. The van der Waals surface area contributed by atoms with Crippen LogP contribution in [0.2, 0.25) is 0 Å². The van der Waals surface area contributed by atoms with Crippen molar-refractivity contribution in [2.45, 2.75) is 39.7 Å². The number of hydrogen-bond acceptors (Lipinski definition) is 6. The van der Waals surface area contributed by atoms with E-state index in [-0.39, 0.29) is 6.61 Å². The van der Waals surface area contributed by atoms with Crippen molar-refractivity contribution in [3.8, 4) is 0 Å². The summed E-state index contributed by atoms with van der Waals surface area (Å²) in [6.07, 6.45) is 4.98. The Morgan fingerprint density at radius 1 is 1.35 bits per heavy atom. The van der Waals surface area contributed by atoms with Gasteiger partial charge in [-0.1, -0.05) is 19.8 Å². The summed E-state index contributed by atoms with van der Waals surface area (Å²) in [5.41, 5.74) is 8.11. The molecular weight excluding hydrogens is 296 g/mol. The van der Waals surface area contributed by atoms with Crippen molar-refractivity contribution in [3.63, 3.8) is 0 Å². The van der Waals surface area contributed by atoms with Gasteiger partial charge >= 0.3 is 5.97 Å². The molecule has 0 atom stereocenters. The molecule has 0 bridgehead atoms. The van der Waals surface area contributed by atoms with E-state index in [1.54, 1.807) is 20.2 Å². The summed E-state index contributed by atoms with van der Waals surface area (Å²) in [5, 5.41) is 5.03. The lowest BCUT2D eigenvalue weighted by Crippen LogP contribution is -2.15. The Labute approximate surface area is 135 Å². The van der Waals surface area contributed by atoms with Gasteiger partial charge in [0.25, 0.3) is 0 Å². The Morgan fingerprint density at radius 3 is 2.83 bits per heavy atom. The Hall–Kier alpha value is -2.15. The van der Waals surface area contributed by atoms with Gasteiger partial charge in [0.05, 0.1) is 29.6 Å². The number of nitrogen functional groups attached to an aromatic ring is 1. The molecule has 0 unspecified atom stereocenters. The van der Waals surface area contributed by atoms with E-state index in [2.05, 4.69) is 17.0 Å². The minimum atomic E-state index is -0.481. The second-order valence-corrected chi connectivity index (χ2v) is 5.43. The lowest BCUT2D eigenvalue weighted by atomic mass is 10.1. The predicted molar refractivity (Wildman–Crippen MR) is 88.4 cm³/mol. The standard InChI is InChI=1S/C16H24N4O3/c1-4-5-6-7-20-15-12(10-18-20)14(17)13(11(2)19-15)16(21)23-9-8-22-3/h10H,4-9H2,1-3H3,(H2,17,19). The highest BCUT2D eigenvalue weighted by molar-refractivity contribution is 6.04. The molecule has 7 heteroatoms. The van der Waals surface area contributed by atoms with Crippen LogP contribution in [0, 0.1) is 6.92 Å². The van der Waals surface area contributed by atoms with E-state index in [0.717, 1.165) is 25.8 Å². The van der Waals surface area contributed by atoms with Gasteiger partial charge < -0.3 is 15.2 Å². The zero-order valence-electron chi connectivity index (χ0n) is 14.0. The van der Waals surface area contributed by atoms with Crippen LogP contribution < -0.4 is 5.73 Å². The zero-order valence-corrected chi connectivity index (χ0v) is 14.0. The number of aryl methyl sites for hydroxylation is 2. The second-order valence-electron chi connectivity index (χ2n) is 5.43. The number of methoxy groups -OCH3 is 1. The maximum absolute atomic E-state index is 12.2. The summed E-state index contributed by atoms with van der Waals surface area (Å²) in [5.74, 6) is -0.481. The van der Waals surface area contributed by atoms with E-state index in [9.17, 15) is 4.79 Å². The Morgan fingerprint density at radius 2 is 2.13 bits per heavy atom. The molecule has 2 aromatic heterocycles. The molecule has 0 aliphatic heterocycles. The number of hydrogen-bond donors (Lipinski definition) is 1. The van der Waals surface area contributed by atoms with Gasteiger partial charge in [0, 0.05) is 13.7 Å². The minimum Gasteiger partial charge on any atom is -0.460 e. The van der Waals surface area contributed by atoms with Gasteiger partial charge in [-0.2, -0.15) is 5.10 Å². The molecule has 0 aliphatic rings. The molecule has 126 valence electrons. The van der Waals surface area contributed by atoms with Crippen LogP contribution in [-0.2, 0) is 16.0 Å². The number of nitrogens with two attached hydrogens (primary N) is 1. The summed E-state index contributed by atoms with van der Waals surface area (Å²) in [6.45, 7) is 5.23. The summed E-state index contributed by atoms with van der Waals surface area (Å²) < 4.78 is 11.9. The summed E-state index contributed by atoms with van der Waals surface area (Å²) in [6, 6.07) is 0. The van der Waals surface area contributed by atoms with Crippen molar-refractivity contribution in [2.24, 2.45) is 0 Å². The van der Waals surface area contributed by atoms with Crippen LogP contribution in [0.1, 0.15) is 42.2 Å². The number of anilines is 1. The topological polar surface area (TPSA) is 92.3 Å². The highest BCUT2D eigenvalue weighted by Crippen LogP contribution is 2.26. The Balaban J connectivity index is 2.29. The fourth-order valence-electron chi connectivity index (χ4n) is 2.45. The number of aromatic nitrogens is 3. The molecule has 0 spiro atoms. The van der Waals surface area contributed by atoms with E-state index < -0.39 is 5.97 Å². The first-order valence-electron chi connectivity index (χ1n) is 7.87. The first-order valence-corrected chi connectivity index (χ1v) is 7.87. The SMILES string of the molecule is CCCCCn1ncc2c(N)c(C(=O)OCCOC)c(C)nc21. The number of unbranched alkanes of at least 4 members (excludes halogenated alkanes) is 2. The molecule has 2 N–H and O–H groups in total. The van der Waals surface area contributed by atoms with Crippen LogP contribution in [0.4, 0.5) is 5.69 Å². The number of carbonyl (C=O) groups excluding carboxylic acids is 1. The van der Waals surface area contributed by atoms with Crippen molar-refractivity contribution in [1.82, 2.24) is 14.8 Å². The molecule has 7 nitrogen and oxygen atoms in total. The first kappa shape index (κ1) is 17.2. The fourth-order valence-corrected chi connectivity index (χ4v) is 2.45. The van der Waals surface area contributed by atoms with Crippen LogP contribution in [-0.4, -0.2) is 41.1 Å². The third-order valence-corrected chi connectivity index (χ3v) is 3.70. The normalized spacial score (nSPS) is 11.1. The van der Waals surface area contributed by atoms with Gasteiger partial charge in [-0.05, 0) is 13.3 Å². The van der Waals surface area contributed by atoms with E-state index in [1.165, 1.54) is 0 Å². The van der Waals surface area contributed by atoms with Crippen molar-refractivity contribution in [2.75, 3.05) is 26.1 Å². The van der Waals surface area contributed by atoms with Crippen LogP contribution in [0.5, 0.6) is 0 Å². The van der Waals surface area contributed by atoms with Crippen molar-refractivity contribution < 1.29 is 14.3 Å². The molecule has 23 heavy (non-hydrogen) atoms. The molecule has 0 aliphatic carbocycles. The summed E-state index contributed by atoms with van der Waals surface area (Å²) in [4.78, 5) is 16.7. The molecule has 0 fully saturated rings. The molecule has 0 saturated heterocycles. The molecule has 2 heterocycles. The Bertz CT molecular complexity index is 682. The number of fused-ring (bicyclic) bond motifs is 1. The quantitative estimate of drug-likeness (QED) is 0.593. The predicted octanol–water partition coefficient (Wildman–Crippen LogP) is 2.32. The van der Waals surface area contributed by atoms with Gasteiger partial charge in [-0.3, -0.25) is 0 Å². The van der Waals surface area contributed by atoms with Crippen LogP contribution in [0.25, 0.3) is 11.0 Å². The molecule has 0 amide bonds. The number of nitrogens with zero attached hydrogens (tertiary/aromatic N) is 3. The summed E-state index contributed by atoms with van der Waals surface area (Å²) >= 11 is 0. The van der Waals surface area contributed by atoms with Crippen molar-refractivity contribution >= 4 is 22.7 Å². The number of carbonyl (C=O) groups is 1. The average molecular weight is 320 g/mol. The lowest BCUT2D eigenvalue weighted by Gasteiger charge is -2.10. The van der Waals surface area contributed by atoms with Gasteiger partial charge in [-0.25, -0.2) is 14.5 Å². The van der Waals surface area contributed by atoms with Gasteiger partial charge in [-0.15, -0.1) is 0 Å². The number of pyridine rings is 1. The van der Waals surface area contributed by atoms with Crippen LogP contribution in [0.15, 0.2) is 6.20 Å². The third-order valence-electron chi connectivity index (χ3n) is 3.70. The third kappa shape index (κ3) is 3.79. The number of esters is 1. The first-order chi connectivity index (χ1) is 11.1. The van der Waals surface area contributed by atoms with E-state index in [4.69, 9.17) is 15.2 Å². The van der Waals surface area contributed by atoms with Gasteiger partial charge in [0.2, 0.25) is 0 Å². The monoisotopic (exact) mass is 320 g/mol. The van der Waals surface area contributed by atoms with E-state index in [0.29, 0.717) is 34.6 Å². The smallest absolute Gasteiger partial charge is 0.342 e. The molecule has 2 rings (SSSR count). The largest absolute Gasteiger partial charge is 0.460 e. The fraction of sp³-hybridized carbons (Fsp3) is 0.562. The van der Waals surface area contributed by atoms with E-state index >= 15 is 0 Å². The maximum atomic E-state index is 12.2. The maximum Gasteiger partial charge on any atom is 0.342 e. The lowest BCUT2D eigenvalue weighted by molar-refractivity contribution is 0.0388. The van der Waals surface area contributed by atoms with Gasteiger partial charge in [0.15, 0.2) is 5.65 Å². The van der Waals surface area contributed by atoms with Crippen LogP contribution in [0.3, 0.4) is 0 Å². The summed E-state index contributed by atoms with van der Waals surface area (Å²) in [7, 11) is 1.55. The molecular formula is C16H24N4O3.